The third-order valence-corrected chi connectivity index (χ3v) is 5.30. The molecule has 0 unspecified atom stereocenters. The minimum atomic E-state index is -0.631. The van der Waals surface area contributed by atoms with Gasteiger partial charge in [-0.15, -0.1) is 24.0 Å². The van der Waals surface area contributed by atoms with Gasteiger partial charge in [0.15, 0.2) is 5.96 Å². The van der Waals surface area contributed by atoms with Gasteiger partial charge in [-0.05, 0) is 32.6 Å². The van der Waals surface area contributed by atoms with E-state index in [1.54, 1.807) is 0 Å². The summed E-state index contributed by atoms with van der Waals surface area (Å²) in [6.45, 7) is 8.84. The van der Waals surface area contributed by atoms with Crippen LogP contribution in [0.25, 0.3) is 0 Å². The van der Waals surface area contributed by atoms with Gasteiger partial charge >= 0.3 is 0 Å². The maximum Gasteiger partial charge on any atom is 0.225 e. The van der Waals surface area contributed by atoms with Crippen molar-refractivity contribution in [3.05, 3.63) is 0 Å². The number of hydrogen-bond donors (Lipinski definition) is 3. The molecule has 7 heteroatoms. The Hall–Kier alpha value is -0.570. The van der Waals surface area contributed by atoms with E-state index in [4.69, 9.17) is 0 Å². The smallest absolute Gasteiger partial charge is 0.225 e. The molecule has 0 bridgehead atoms. The van der Waals surface area contributed by atoms with Crippen LogP contribution in [0.3, 0.4) is 0 Å². The van der Waals surface area contributed by atoms with Crippen molar-refractivity contribution in [3.63, 3.8) is 0 Å². The van der Waals surface area contributed by atoms with Crippen molar-refractivity contribution in [2.24, 2.45) is 10.9 Å². The SMILES string of the molecule is CCNC(=NCC1(O)CCCCC1)NC1CCN(C(=O)C(C)C)CC1.I. The Morgan fingerprint density at radius 2 is 1.85 bits per heavy atom. The molecule has 1 saturated carbocycles. The molecule has 0 spiro atoms. The van der Waals surface area contributed by atoms with Crippen LogP contribution in [0.5, 0.6) is 0 Å². The van der Waals surface area contributed by atoms with E-state index in [2.05, 4.69) is 22.5 Å². The minimum absolute atomic E-state index is 0. The maximum atomic E-state index is 12.1. The van der Waals surface area contributed by atoms with Crippen LogP contribution in [-0.4, -0.2) is 59.7 Å². The highest BCUT2D eigenvalue weighted by molar-refractivity contribution is 14.0. The largest absolute Gasteiger partial charge is 0.388 e. The summed E-state index contributed by atoms with van der Waals surface area (Å²) in [5, 5.41) is 17.4. The third-order valence-electron chi connectivity index (χ3n) is 5.30. The number of nitrogens with zero attached hydrogens (tertiary/aromatic N) is 2. The lowest BCUT2D eigenvalue weighted by Crippen LogP contribution is -2.50. The van der Waals surface area contributed by atoms with Gasteiger partial charge in [0.05, 0.1) is 12.1 Å². The Balaban J connectivity index is 0.00000338. The molecular formula is C19H37IN4O2. The molecule has 0 radical (unpaired) electrons. The second kappa shape index (κ2) is 11.3. The van der Waals surface area contributed by atoms with Crippen molar-refractivity contribution in [2.45, 2.75) is 77.4 Å². The summed E-state index contributed by atoms with van der Waals surface area (Å²) in [5.41, 5.74) is -0.631. The number of amides is 1. The van der Waals surface area contributed by atoms with Gasteiger partial charge < -0.3 is 20.6 Å². The molecule has 0 aromatic heterocycles. The first kappa shape index (κ1) is 23.5. The summed E-state index contributed by atoms with van der Waals surface area (Å²) in [4.78, 5) is 18.7. The Bertz CT molecular complexity index is 456. The normalized spacial score (nSPS) is 21.3. The van der Waals surface area contributed by atoms with Gasteiger partial charge in [-0.2, -0.15) is 0 Å². The quantitative estimate of drug-likeness (QED) is 0.321. The molecule has 1 aliphatic heterocycles. The summed E-state index contributed by atoms with van der Waals surface area (Å²) in [6.07, 6.45) is 6.99. The zero-order valence-corrected chi connectivity index (χ0v) is 18.9. The molecule has 2 aliphatic rings. The number of halogens is 1. The molecule has 1 saturated heterocycles. The van der Waals surface area contributed by atoms with Crippen LogP contribution >= 0.6 is 24.0 Å². The molecule has 1 aliphatic carbocycles. The first-order valence-corrected chi connectivity index (χ1v) is 9.99. The number of carbonyl (C=O) groups excluding carboxylic acids is 1. The van der Waals surface area contributed by atoms with Crippen LogP contribution in [0.1, 0.15) is 65.7 Å². The number of rotatable bonds is 5. The van der Waals surface area contributed by atoms with Crippen molar-refractivity contribution in [1.29, 1.82) is 0 Å². The fourth-order valence-electron chi connectivity index (χ4n) is 3.72. The van der Waals surface area contributed by atoms with Gasteiger partial charge in [0.25, 0.3) is 0 Å². The highest BCUT2D eigenvalue weighted by Gasteiger charge is 2.29. The Kier molecular flexibility index (Phi) is 10.2. The van der Waals surface area contributed by atoms with Crippen molar-refractivity contribution >= 4 is 35.8 Å². The molecule has 2 rings (SSSR count). The molecule has 3 N–H and O–H groups in total. The lowest BCUT2D eigenvalue weighted by atomic mass is 9.85. The molecule has 152 valence electrons. The average molecular weight is 480 g/mol. The van der Waals surface area contributed by atoms with Crippen LogP contribution < -0.4 is 10.6 Å². The lowest BCUT2D eigenvalue weighted by Gasteiger charge is -2.34. The van der Waals surface area contributed by atoms with Gasteiger partial charge in [-0.25, -0.2) is 0 Å². The van der Waals surface area contributed by atoms with E-state index < -0.39 is 5.60 Å². The Morgan fingerprint density at radius 1 is 1.23 bits per heavy atom. The number of nitrogens with one attached hydrogen (secondary N) is 2. The number of aliphatic hydroxyl groups is 1. The van der Waals surface area contributed by atoms with Gasteiger partial charge in [-0.1, -0.05) is 33.1 Å². The summed E-state index contributed by atoms with van der Waals surface area (Å²) in [5.74, 6) is 1.10. The first-order valence-electron chi connectivity index (χ1n) is 9.99. The lowest BCUT2D eigenvalue weighted by molar-refractivity contribution is -0.135. The second-order valence-corrected chi connectivity index (χ2v) is 7.88. The van der Waals surface area contributed by atoms with Gasteiger partial charge in [0.2, 0.25) is 5.91 Å². The number of guanidine groups is 1. The molecule has 1 amide bonds. The Labute approximate surface area is 175 Å². The average Bonchev–Trinajstić information content (AvgIpc) is 2.60. The number of piperidine rings is 1. The second-order valence-electron chi connectivity index (χ2n) is 7.88. The van der Waals surface area contributed by atoms with Crippen molar-refractivity contribution in [3.8, 4) is 0 Å². The molecular weight excluding hydrogens is 443 g/mol. The minimum Gasteiger partial charge on any atom is -0.388 e. The van der Waals surface area contributed by atoms with Crippen LogP contribution in [0.2, 0.25) is 0 Å². The summed E-state index contributed by atoms with van der Waals surface area (Å²) in [6, 6.07) is 0.329. The zero-order chi connectivity index (χ0) is 18.3. The van der Waals surface area contributed by atoms with Gasteiger partial charge in [0, 0.05) is 31.6 Å². The van der Waals surface area contributed by atoms with Gasteiger partial charge in [0.1, 0.15) is 0 Å². The highest BCUT2D eigenvalue weighted by atomic mass is 127. The number of hydrogen-bond acceptors (Lipinski definition) is 3. The van der Waals surface area contributed by atoms with Crippen LogP contribution in [0.15, 0.2) is 4.99 Å². The predicted molar refractivity (Wildman–Crippen MR) is 117 cm³/mol. The summed E-state index contributed by atoms with van der Waals surface area (Å²) >= 11 is 0. The van der Waals surface area contributed by atoms with E-state index in [1.807, 2.05) is 18.7 Å². The van der Waals surface area contributed by atoms with E-state index in [1.165, 1.54) is 6.42 Å². The molecule has 2 fully saturated rings. The van der Waals surface area contributed by atoms with E-state index in [0.29, 0.717) is 12.6 Å². The highest BCUT2D eigenvalue weighted by Crippen LogP contribution is 2.28. The van der Waals surface area contributed by atoms with Crippen LogP contribution in [0.4, 0.5) is 0 Å². The summed E-state index contributed by atoms with van der Waals surface area (Å²) in [7, 11) is 0. The Morgan fingerprint density at radius 3 is 2.38 bits per heavy atom. The van der Waals surface area contributed by atoms with E-state index in [9.17, 15) is 9.90 Å². The molecule has 26 heavy (non-hydrogen) atoms. The number of aliphatic imine (C=N–C) groups is 1. The van der Waals surface area contributed by atoms with E-state index in [0.717, 1.165) is 64.1 Å². The zero-order valence-electron chi connectivity index (χ0n) is 16.6. The topological polar surface area (TPSA) is 77.0 Å². The van der Waals surface area contributed by atoms with Crippen LogP contribution in [0, 0.1) is 5.92 Å². The fraction of sp³-hybridized carbons (Fsp3) is 0.895. The summed E-state index contributed by atoms with van der Waals surface area (Å²) < 4.78 is 0. The molecule has 0 aromatic rings. The molecule has 1 heterocycles. The number of likely N-dealkylation sites (tertiary alicyclic amines) is 1. The van der Waals surface area contributed by atoms with Gasteiger partial charge in [-0.3, -0.25) is 9.79 Å². The molecule has 6 nitrogen and oxygen atoms in total. The standard InChI is InChI=1S/C19H36N4O2.HI/c1-4-20-18(21-14-19(25)10-6-5-7-11-19)22-16-8-12-23(13-9-16)17(24)15(2)3;/h15-16,25H,4-14H2,1-3H3,(H2,20,21,22);1H. The monoisotopic (exact) mass is 480 g/mol. The van der Waals surface area contributed by atoms with Crippen molar-refractivity contribution < 1.29 is 9.90 Å². The van der Waals surface area contributed by atoms with Crippen molar-refractivity contribution in [2.75, 3.05) is 26.2 Å². The fourth-order valence-corrected chi connectivity index (χ4v) is 3.72. The maximum absolute atomic E-state index is 12.1. The van der Waals surface area contributed by atoms with E-state index >= 15 is 0 Å². The first-order chi connectivity index (χ1) is 11.9. The molecule has 0 aromatic carbocycles. The van der Waals surface area contributed by atoms with Crippen LogP contribution in [-0.2, 0) is 4.79 Å². The van der Waals surface area contributed by atoms with Crippen molar-refractivity contribution in [1.82, 2.24) is 15.5 Å². The third kappa shape index (κ3) is 7.21. The number of carbonyl (C=O) groups is 1. The predicted octanol–water partition coefficient (Wildman–Crippen LogP) is 2.50. The van der Waals surface area contributed by atoms with E-state index in [-0.39, 0.29) is 35.8 Å². The molecule has 0 atom stereocenters.